The quantitative estimate of drug-likeness (QED) is 0.715. The van der Waals surface area contributed by atoms with Gasteiger partial charge in [0.05, 0.1) is 16.1 Å². The minimum Gasteiger partial charge on any atom is -0.351 e. The Bertz CT molecular complexity index is 585. The van der Waals surface area contributed by atoms with E-state index in [0.717, 1.165) is 21.5 Å². The molecule has 1 heterocycles. The van der Waals surface area contributed by atoms with Gasteiger partial charge in [0.1, 0.15) is 0 Å². The van der Waals surface area contributed by atoms with Crippen molar-refractivity contribution >= 4 is 39.1 Å². The van der Waals surface area contributed by atoms with Crippen LogP contribution in [0.2, 0.25) is 0 Å². The van der Waals surface area contributed by atoms with E-state index in [0.29, 0.717) is 19.5 Å². The molecule has 0 saturated heterocycles. The lowest BCUT2D eigenvalue weighted by Gasteiger charge is -2.26. The molecule has 6 heteroatoms. The van der Waals surface area contributed by atoms with Crippen LogP contribution in [0.5, 0.6) is 0 Å². The van der Waals surface area contributed by atoms with E-state index in [2.05, 4.69) is 27.3 Å². The molecule has 1 N–H and O–H groups in total. The summed E-state index contributed by atoms with van der Waals surface area (Å²) < 4.78 is 1.04. The zero-order chi connectivity index (χ0) is 16.8. The van der Waals surface area contributed by atoms with Crippen molar-refractivity contribution in [2.75, 3.05) is 13.1 Å². The number of hydrogen-bond acceptors (Lipinski definition) is 3. The summed E-state index contributed by atoms with van der Waals surface area (Å²) in [7, 11) is 0. The molecule has 0 spiro atoms. The molecule has 0 saturated carbocycles. The lowest BCUT2D eigenvalue weighted by atomic mass is 10.1. The Hall–Kier alpha value is -1.14. The summed E-state index contributed by atoms with van der Waals surface area (Å²) in [5.41, 5.74) is 0. The van der Waals surface area contributed by atoms with Gasteiger partial charge in [-0.05, 0) is 54.8 Å². The van der Waals surface area contributed by atoms with E-state index in [-0.39, 0.29) is 23.8 Å². The Morgan fingerprint density at radius 1 is 1.48 bits per heavy atom. The molecule has 23 heavy (non-hydrogen) atoms. The summed E-state index contributed by atoms with van der Waals surface area (Å²) in [5, 5.41) is 3.02. The van der Waals surface area contributed by atoms with Crippen molar-refractivity contribution in [2.24, 2.45) is 5.92 Å². The van der Waals surface area contributed by atoms with E-state index >= 15 is 0 Å². The molecule has 126 valence electrons. The highest BCUT2D eigenvalue weighted by atomic mass is 79.9. The fourth-order valence-corrected chi connectivity index (χ4v) is 4.17. The number of nitrogens with zero attached hydrogens (tertiary/aromatic N) is 1. The number of carbonyl (C=O) groups is 2. The van der Waals surface area contributed by atoms with Crippen molar-refractivity contribution in [1.29, 1.82) is 0 Å². The molecule has 0 aliphatic heterocycles. The van der Waals surface area contributed by atoms with E-state index in [4.69, 9.17) is 0 Å². The molecular weight excluding hydrogens is 376 g/mol. The molecule has 2 rings (SSSR count). The standard InChI is InChI=1S/C17H23BrN2O2S/c1-3-20(16(21)10-14-8-9-15(18)23-14)11-12(2)19-17(22)13-6-4-5-7-13/h4,6,8-9,12-13H,3,5,7,10-11H2,1-2H3,(H,19,22). The highest BCUT2D eigenvalue weighted by Crippen LogP contribution is 2.23. The number of nitrogens with one attached hydrogen (secondary N) is 1. The van der Waals surface area contributed by atoms with Gasteiger partial charge >= 0.3 is 0 Å². The summed E-state index contributed by atoms with van der Waals surface area (Å²) in [4.78, 5) is 27.4. The van der Waals surface area contributed by atoms with E-state index in [1.807, 2.05) is 37.0 Å². The van der Waals surface area contributed by atoms with Crippen LogP contribution in [-0.4, -0.2) is 35.8 Å². The van der Waals surface area contributed by atoms with Gasteiger partial charge in [-0.1, -0.05) is 12.2 Å². The average Bonchev–Trinajstić information content (AvgIpc) is 3.16. The lowest BCUT2D eigenvalue weighted by Crippen LogP contribution is -2.45. The summed E-state index contributed by atoms with van der Waals surface area (Å²) in [6, 6.07) is 3.88. The molecule has 1 aromatic rings. The van der Waals surface area contributed by atoms with E-state index in [9.17, 15) is 9.59 Å². The molecule has 0 aromatic carbocycles. The number of allylic oxidation sites excluding steroid dienone is 1. The molecule has 2 atom stereocenters. The highest BCUT2D eigenvalue weighted by Gasteiger charge is 2.22. The van der Waals surface area contributed by atoms with Crippen LogP contribution in [0, 0.1) is 5.92 Å². The molecule has 1 aliphatic carbocycles. The zero-order valence-corrected chi connectivity index (χ0v) is 16.0. The number of halogens is 1. The van der Waals surface area contributed by atoms with Gasteiger partial charge in [-0.15, -0.1) is 11.3 Å². The number of amides is 2. The maximum absolute atomic E-state index is 12.4. The second-order valence-corrected chi connectivity index (χ2v) is 8.38. The minimum absolute atomic E-state index is 0.00769. The van der Waals surface area contributed by atoms with Crippen LogP contribution in [0.1, 0.15) is 31.6 Å². The molecular formula is C17H23BrN2O2S. The lowest BCUT2D eigenvalue weighted by molar-refractivity contribution is -0.131. The SMILES string of the molecule is CCN(CC(C)NC(=O)C1C=CCC1)C(=O)Cc1ccc(Br)s1. The molecule has 1 aliphatic rings. The average molecular weight is 399 g/mol. The van der Waals surface area contributed by atoms with Gasteiger partial charge in [0.25, 0.3) is 0 Å². The van der Waals surface area contributed by atoms with E-state index in [1.54, 1.807) is 11.3 Å². The Morgan fingerprint density at radius 3 is 2.83 bits per heavy atom. The monoisotopic (exact) mass is 398 g/mol. The van der Waals surface area contributed by atoms with Gasteiger partial charge in [-0.25, -0.2) is 0 Å². The van der Waals surface area contributed by atoms with Crippen LogP contribution >= 0.6 is 27.3 Å². The van der Waals surface area contributed by atoms with Crippen molar-refractivity contribution in [3.63, 3.8) is 0 Å². The summed E-state index contributed by atoms with van der Waals surface area (Å²) >= 11 is 5.00. The van der Waals surface area contributed by atoms with E-state index in [1.165, 1.54) is 0 Å². The summed E-state index contributed by atoms with van der Waals surface area (Å²) in [6.07, 6.45) is 6.30. The number of rotatable bonds is 7. The Balaban J connectivity index is 1.83. The predicted molar refractivity (Wildman–Crippen MR) is 97.4 cm³/mol. The van der Waals surface area contributed by atoms with Gasteiger partial charge in [0, 0.05) is 24.0 Å². The molecule has 0 bridgehead atoms. The number of thiophene rings is 1. The maximum atomic E-state index is 12.4. The van der Waals surface area contributed by atoms with Gasteiger partial charge in [-0.3, -0.25) is 9.59 Å². The van der Waals surface area contributed by atoms with Crippen molar-refractivity contribution < 1.29 is 9.59 Å². The van der Waals surface area contributed by atoms with Crippen LogP contribution in [0.25, 0.3) is 0 Å². The first-order valence-electron chi connectivity index (χ1n) is 7.98. The second-order valence-electron chi connectivity index (χ2n) is 5.84. The normalized spacial score (nSPS) is 18.0. The Labute approximate surface area is 150 Å². The van der Waals surface area contributed by atoms with Crippen molar-refractivity contribution in [1.82, 2.24) is 10.2 Å². The van der Waals surface area contributed by atoms with Gasteiger partial charge in [0.2, 0.25) is 11.8 Å². The largest absolute Gasteiger partial charge is 0.351 e. The fourth-order valence-electron chi connectivity index (χ4n) is 2.69. The van der Waals surface area contributed by atoms with Crippen LogP contribution < -0.4 is 5.32 Å². The molecule has 1 aromatic heterocycles. The molecule has 4 nitrogen and oxygen atoms in total. The molecule has 2 unspecified atom stereocenters. The van der Waals surface area contributed by atoms with E-state index < -0.39 is 0 Å². The van der Waals surface area contributed by atoms with Crippen molar-refractivity contribution in [3.05, 3.63) is 32.9 Å². The first-order chi connectivity index (χ1) is 11.0. The van der Waals surface area contributed by atoms with Crippen LogP contribution in [0.4, 0.5) is 0 Å². The predicted octanol–water partition coefficient (Wildman–Crippen LogP) is 3.37. The number of carbonyl (C=O) groups excluding carboxylic acids is 2. The summed E-state index contributed by atoms with van der Waals surface area (Å²) in [5.74, 6) is 0.160. The topological polar surface area (TPSA) is 49.4 Å². The van der Waals surface area contributed by atoms with Gasteiger partial charge in [-0.2, -0.15) is 0 Å². The van der Waals surface area contributed by atoms with Crippen LogP contribution in [-0.2, 0) is 16.0 Å². The maximum Gasteiger partial charge on any atom is 0.227 e. The van der Waals surface area contributed by atoms with Crippen LogP contribution in [0.3, 0.4) is 0 Å². The Morgan fingerprint density at radius 2 is 2.26 bits per heavy atom. The first-order valence-corrected chi connectivity index (χ1v) is 9.59. The fraction of sp³-hybridized carbons (Fsp3) is 0.529. The summed E-state index contributed by atoms with van der Waals surface area (Å²) in [6.45, 7) is 5.11. The Kier molecular flexibility index (Phi) is 6.84. The van der Waals surface area contributed by atoms with Gasteiger partial charge < -0.3 is 10.2 Å². The zero-order valence-electron chi connectivity index (χ0n) is 13.5. The van der Waals surface area contributed by atoms with Crippen LogP contribution in [0.15, 0.2) is 28.1 Å². The number of hydrogen-bond donors (Lipinski definition) is 1. The third kappa shape index (κ3) is 5.46. The third-order valence-electron chi connectivity index (χ3n) is 3.92. The van der Waals surface area contributed by atoms with Gasteiger partial charge in [0.15, 0.2) is 0 Å². The highest BCUT2D eigenvalue weighted by molar-refractivity contribution is 9.11. The minimum atomic E-state index is -0.0459. The van der Waals surface area contributed by atoms with Crippen molar-refractivity contribution in [3.8, 4) is 0 Å². The second kappa shape index (κ2) is 8.64. The van der Waals surface area contributed by atoms with Crippen molar-refractivity contribution in [2.45, 2.75) is 39.2 Å². The third-order valence-corrected chi connectivity index (χ3v) is 5.54. The smallest absolute Gasteiger partial charge is 0.227 e. The molecule has 0 radical (unpaired) electrons. The number of likely N-dealkylation sites (N-methyl/N-ethyl adjacent to an activating group) is 1. The molecule has 0 fully saturated rings. The molecule has 2 amide bonds. The first kappa shape index (κ1) is 18.2.